The van der Waals surface area contributed by atoms with Crippen molar-refractivity contribution in [1.29, 1.82) is 0 Å². The van der Waals surface area contributed by atoms with Crippen LogP contribution in [0.3, 0.4) is 0 Å². The Hall–Kier alpha value is -0.570. The summed E-state index contributed by atoms with van der Waals surface area (Å²) in [4.78, 5) is 11.8. The molecule has 0 saturated heterocycles. The van der Waals surface area contributed by atoms with Crippen LogP contribution < -0.4 is 0 Å². The smallest absolute Gasteiger partial charge is 0.302 e. The van der Waals surface area contributed by atoms with E-state index < -0.39 is 0 Å². The lowest BCUT2D eigenvalue weighted by molar-refractivity contribution is -0.265. The molecular formula is C32H54O3. The van der Waals surface area contributed by atoms with Crippen LogP contribution in [-0.4, -0.2) is 23.8 Å². The first-order chi connectivity index (χ1) is 16.2. The highest BCUT2D eigenvalue weighted by molar-refractivity contribution is 5.66. The fourth-order valence-corrected chi connectivity index (χ4v) is 11.8. The number of esters is 1. The van der Waals surface area contributed by atoms with E-state index in [0.717, 1.165) is 24.2 Å². The summed E-state index contributed by atoms with van der Waals surface area (Å²) in [5.74, 6) is 2.53. The number of hydrogen-bond acceptors (Lipinski definition) is 3. The predicted molar refractivity (Wildman–Crippen MR) is 142 cm³/mol. The van der Waals surface area contributed by atoms with Gasteiger partial charge in [-0.15, -0.1) is 0 Å². The van der Waals surface area contributed by atoms with Gasteiger partial charge in [0.15, 0.2) is 0 Å². The van der Waals surface area contributed by atoms with Crippen LogP contribution in [0.25, 0.3) is 0 Å². The molecule has 5 saturated carbocycles. The van der Waals surface area contributed by atoms with Gasteiger partial charge in [0, 0.05) is 13.5 Å². The van der Waals surface area contributed by atoms with Gasteiger partial charge in [-0.25, -0.2) is 0 Å². The Balaban J connectivity index is 1.49. The van der Waals surface area contributed by atoms with Crippen molar-refractivity contribution in [3.63, 3.8) is 0 Å². The molecule has 0 spiro atoms. The highest BCUT2D eigenvalue weighted by atomic mass is 16.5. The van der Waals surface area contributed by atoms with Gasteiger partial charge in [0.1, 0.15) is 6.10 Å². The molecule has 5 fully saturated rings. The van der Waals surface area contributed by atoms with Gasteiger partial charge >= 0.3 is 5.97 Å². The Labute approximate surface area is 215 Å². The molecule has 0 aromatic rings. The largest absolute Gasteiger partial charge is 0.462 e. The minimum atomic E-state index is -0.114. The summed E-state index contributed by atoms with van der Waals surface area (Å²) in [6, 6.07) is 0. The lowest BCUT2D eigenvalue weighted by atomic mass is 9.30. The van der Waals surface area contributed by atoms with E-state index in [1.54, 1.807) is 6.92 Å². The Kier molecular flexibility index (Phi) is 5.93. The Morgan fingerprint density at radius 3 is 2.06 bits per heavy atom. The predicted octanol–water partition coefficient (Wildman–Crippen LogP) is 7.79. The van der Waals surface area contributed by atoms with Gasteiger partial charge in [-0.2, -0.15) is 0 Å². The van der Waals surface area contributed by atoms with Crippen molar-refractivity contribution in [3.05, 3.63) is 0 Å². The summed E-state index contributed by atoms with van der Waals surface area (Å²) in [6.45, 7) is 19.9. The molecule has 0 amide bonds. The van der Waals surface area contributed by atoms with Crippen molar-refractivity contribution in [2.45, 2.75) is 132 Å². The molecule has 11 atom stereocenters. The average molecular weight is 487 g/mol. The van der Waals surface area contributed by atoms with E-state index in [4.69, 9.17) is 4.74 Å². The zero-order valence-corrected chi connectivity index (χ0v) is 24.1. The number of fused-ring (bicyclic) bond motifs is 7. The van der Waals surface area contributed by atoms with E-state index in [1.165, 1.54) is 64.2 Å². The molecule has 35 heavy (non-hydrogen) atoms. The van der Waals surface area contributed by atoms with Crippen LogP contribution in [0.5, 0.6) is 0 Å². The zero-order chi connectivity index (χ0) is 25.7. The number of ether oxygens (including phenoxy) is 1. The van der Waals surface area contributed by atoms with Crippen molar-refractivity contribution in [1.82, 2.24) is 0 Å². The molecule has 1 N–H and O–H groups in total. The van der Waals surface area contributed by atoms with Crippen LogP contribution in [0.2, 0.25) is 0 Å². The highest BCUT2D eigenvalue weighted by Crippen LogP contribution is 2.78. The molecule has 200 valence electrons. The third-order valence-electron chi connectivity index (χ3n) is 14.5. The van der Waals surface area contributed by atoms with E-state index in [-0.39, 0.29) is 22.9 Å². The van der Waals surface area contributed by atoms with Gasteiger partial charge in [0.2, 0.25) is 0 Å². The third kappa shape index (κ3) is 3.41. The maximum absolute atomic E-state index is 11.8. The fraction of sp³-hybridized carbons (Fsp3) is 0.969. The van der Waals surface area contributed by atoms with Crippen molar-refractivity contribution < 1.29 is 14.6 Å². The van der Waals surface area contributed by atoms with Gasteiger partial charge in [-0.05, 0) is 127 Å². The molecule has 0 radical (unpaired) electrons. The molecule has 5 aliphatic carbocycles. The number of carbonyl (C=O) groups is 1. The summed E-state index contributed by atoms with van der Waals surface area (Å²) in [5.41, 5.74) is 1.90. The quantitative estimate of drug-likeness (QED) is 0.405. The maximum atomic E-state index is 11.8. The second kappa shape index (κ2) is 7.97. The minimum Gasteiger partial charge on any atom is -0.462 e. The number of carbonyl (C=O) groups excluding carboxylic acids is 1. The summed E-state index contributed by atoms with van der Waals surface area (Å²) < 4.78 is 5.85. The lowest BCUT2D eigenvalue weighted by Crippen LogP contribution is -2.68. The topological polar surface area (TPSA) is 46.5 Å². The summed E-state index contributed by atoms with van der Waals surface area (Å²) in [5, 5.41) is 10.3. The van der Waals surface area contributed by atoms with Crippen LogP contribution in [0.15, 0.2) is 0 Å². The SMILES string of the molecule is CC(=O)OC1CCC2C(C)(CCC3C2(C)CCC2(C)C4CC(C)(CO)CCC4(C)CCC32C)C1C. The highest BCUT2D eigenvalue weighted by Gasteiger charge is 2.71. The minimum absolute atomic E-state index is 0.0899. The molecule has 0 bridgehead atoms. The summed E-state index contributed by atoms with van der Waals surface area (Å²) in [6.07, 6.45) is 14.0. The Morgan fingerprint density at radius 1 is 0.771 bits per heavy atom. The molecule has 0 heterocycles. The number of aliphatic hydroxyl groups excluding tert-OH is 1. The second-order valence-electron chi connectivity index (χ2n) is 15.9. The van der Waals surface area contributed by atoms with Crippen LogP contribution in [-0.2, 0) is 9.53 Å². The van der Waals surface area contributed by atoms with E-state index in [9.17, 15) is 9.90 Å². The first-order valence-corrected chi connectivity index (χ1v) is 15.0. The molecule has 11 unspecified atom stereocenters. The van der Waals surface area contributed by atoms with Gasteiger partial charge in [0.05, 0.1) is 0 Å². The van der Waals surface area contributed by atoms with E-state index in [1.807, 2.05) is 0 Å². The van der Waals surface area contributed by atoms with Gasteiger partial charge < -0.3 is 9.84 Å². The van der Waals surface area contributed by atoms with E-state index >= 15 is 0 Å². The molecule has 3 nitrogen and oxygen atoms in total. The Morgan fingerprint density at radius 2 is 1.40 bits per heavy atom. The number of aliphatic hydroxyl groups is 1. The normalized spacial score (nSPS) is 57.8. The van der Waals surface area contributed by atoms with Crippen LogP contribution >= 0.6 is 0 Å². The first kappa shape index (κ1) is 26.1. The molecular weight excluding hydrogens is 432 g/mol. The Bertz CT molecular complexity index is 869. The lowest BCUT2D eigenvalue weighted by Gasteiger charge is -2.75. The van der Waals surface area contributed by atoms with Crippen LogP contribution in [0.4, 0.5) is 0 Å². The van der Waals surface area contributed by atoms with Crippen LogP contribution in [0.1, 0.15) is 126 Å². The second-order valence-corrected chi connectivity index (χ2v) is 15.9. The van der Waals surface area contributed by atoms with Gasteiger partial charge in [-0.1, -0.05) is 48.5 Å². The van der Waals surface area contributed by atoms with Crippen LogP contribution in [0, 0.1) is 56.2 Å². The molecule has 5 aliphatic rings. The molecule has 0 aromatic heterocycles. The van der Waals surface area contributed by atoms with E-state index in [0.29, 0.717) is 34.2 Å². The first-order valence-electron chi connectivity index (χ1n) is 15.0. The van der Waals surface area contributed by atoms with Gasteiger partial charge in [0.25, 0.3) is 0 Å². The van der Waals surface area contributed by atoms with Gasteiger partial charge in [-0.3, -0.25) is 4.79 Å². The van der Waals surface area contributed by atoms with Crippen molar-refractivity contribution in [2.75, 3.05) is 6.61 Å². The maximum Gasteiger partial charge on any atom is 0.302 e. The molecule has 0 aliphatic heterocycles. The monoisotopic (exact) mass is 486 g/mol. The number of hydrogen-bond donors (Lipinski definition) is 1. The summed E-state index contributed by atoms with van der Waals surface area (Å²) >= 11 is 0. The fourth-order valence-electron chi connectivity index (χ4n) is 11.8. The van der Waals surface area contributed by atoms with Crippen molar-refractivity contribution in [3.8, 4) is 0 Å². The van der Waals surface area contributed by atoms with E-state index in [2.05, 4.69) is 48.5 Å². The number of rotatable bonds is 2. The zero-order valence-electron chi connectivity index (χ0n) is 24.1. The molecule has 0 aromatic carbocycles. The molecule has 5 rings (SSSR count). The standard InChI is InChI=1S/C32H54O3/c1-21-23(35-22(2)34)9-10-24-29(21,5)12-11-25-30(24,6)16-18-32(8)26-19-27(3,20-33)13-14-28(26,4)15-17-31(25,32)7/h21,23-26,33H,9-20H2,1-8H3. The van der Waals surface area contributed by atoms with Crippen molar-refractivity contribution >= 4 is 5.97 Å². The van der Waals surface area contributed by atoms with Crippen molar-refractivity contribution in [2.24, 2.45) is 56.2 Å². The molecule has 3 heteroatoms. The third-order valence-corrected chi connectivity index (χ3v) is 14.5. The summed E-state index contributed by atoms with van der Waals surface area (Å²) in [7, 11) is 0. The average Bonchev–Trinajstić information content (AvgIpc) is 2.79.